The molecule has 0 radical (unpaired) electrons. The fourth-order valence-corrected chi connectivity index (χ4v) is 5.25. The average Bonchev–Trinajstić information content (AvgIpc) is 3.08. The predicted octanol–water partition coefficient (Wildman–Crippen LogP) is 2.42. The van der Waals surface area contributed by atoms with E-state index in [9.17, 15) is 18.0 Å². The lowest BCUT2D eigenvalue weighted by Gasteiger charge is -2.32. The van der Waals surface area contributed by atoms with Gasteiger partial charge in [0.05, 0.1) is 17.4 Å². The first kappa shape index (κ1) is 20.8. The number of likely N-dealkylation sites (tertiary alicyclic amines) is 1. The van der Waals surface area contributed by atoms with E-state index in [0.29, 0.717) is 25.9 Å². The zero-order chi connectivity index (χ0) is 20.3. The molecule has 0 atom stereocenters. The first-order valence-electron chi connectivity index (χ1n) is 10.1. The van der Waals surface area contributed by atoms with Crippen LogP contribution in [0.3, 0.4) is 0 Å². The first-order valence-corrected chi connectivity index (χ1v) is 11.9. The molecule has 1 aromatic rings. The van der Waals surface area contributed by atoms with E-state index in [1.165, 1.54) is 0 Å². The molecule has 0 aromatic heterocycles. The number of carbonyl (C=O) groups is 2. The van der Waals surface area contributed by atoms with E-state index in [2.05, 4.69) is 0 Å². The molecule has 1 aromatic carbocycles. The Hall–Kier alpha value is -1.89. The van der Waals surface area contributed by atoms with Gasteiger partial charge in [0.2, 0.25) is 11.8 Å². The van der Waals surface area contributed by atoms with Gasteiger partial charge in [0.15, 0.2) is 9.84 Å². The molecule has 0 unspecified atom stereocenters. The number of hydrogen-bond acceptors (Lipinski definition) is 4. The summed E-state index contributed by atoms with van der Waals surface area (Å²) in [5.41, 5.74) is 1.83. The maximum Gasteiger partial charge on any atom is 0.227 e. The van der Waals surface area contributed by atoms with Crippen LogP contribution in [0.5, 0.6) is 0 Å². The van der Waals surface area contributed by atoms with Crippen LogP contribution in [0.15, 0.2) is 24.3 Å². The van der Waals surface area contributed by atoms with Gasteiger partial charge < -0.3 is 9.80 Å². The minimum Gasteiger partial charge on any atom is -0.342 e. The molecule has 2 saturated heterocycles. The van der Waals surface area contributed by atoms with Crippen molar-refractivity contribution >= 4 is 27.3 Å². The van der Waals surface area contributed by atoms with E-state index in [0.717, 1.165) is 37.1 Å². The van der Waals surface area contributed by atoms with Gasteiger partial charge >= 0.3 is 0 Å². The fraction of sp³-hybridized carbons (Fsp3) is 0.619. The number of rotatable bonds is 6. The van der Waals surface area contributed by atoms with E-state index in [1.54, 1.807) is 18.7 Å². The quantitative estimate of drug-likeness (QED) is 0.727. The highest BCUT2D eigenvalue weighted by Gasteiger charge is 2.28. The van der Waals surface area contributed by atoms with Crippen molar-refractivity contribution in [1.82, 2.24) is 4.90 Å². The highest BCUT2D eigenvalue weighted by Crippen LogP contribution is 2.23. The number of anilines is 1. The summed E-state index contributed by atoms with van der Waals surface area (Å²) in [6.07, 6.45) is 3.33. The molecule has 0 spiro atoms. The van der Waals surface area contributed by atoms with Crippen molar-refractivity contribution in [2.45, 2.75) is 51.2 Å². The smallest absolute Gasteiger partial charge is 0.227 e. The van der Waals surface area contributed by atoms with Crippen molar-refractivity contribution in [1.29, 1.82) is 0 Å². The largest absolute Gasteiger partial charge is 0.342 e. The van der Waals surface area contributed by atoms with Gasteiger partial charge in [-0.1, -0.05) is 12.1 Å². The summed E-state index contributed by atoms with van der Waals surface area (Å²) < 4.78 is 24.2. The molecule has 2 amide bonds. The lowest BCUT2D eigenvalue weighted by Crippen LogP contribution is -2.41. The number of nitrogens with zero attached hydrogens (tertiary/aromatic N) is 2. The number of sulfone groups is 1. The van der Waals surface area contributed by atoms with E-state index < -0.39 is 9.84 Å². The summed E-state index contributed by atoms with van der Waals surface area (Å²) in [4.78, 5) is 28.1. The highest BCUT2D eigenvalue weighted by molar-refractivity contribution is 7.91. The number of benzene rings is 1. The Morgan fingerprint density at radius 2 is 1.75 bits per heavy atom. The van der Waals surface area contributed by atoms with Gasteiger partial charge in [0.1, 0.15) is 0 Å². The standard InChI is InChI=1S/C21H30N2O4S/c1-16(2)28(26,27)15-18-9-12-22(13-10-18)21(25)14-17-5-7-19(8-6-17)23-11-3-4-20(23)24/h5-8,16,18H,3-4,9-15H2,1-2H3. The molecule has 0 N–H and O–H groups in total. The second kappa shape index (κ2) is 8.64. The Morgan fingerprint density at radius 3 is 2.29 bits per heavy atom. The SMILES string of the molecule is CC(C)S(=O)(=O)CC1CCN(C(=O)Cc2ccc(N3CCCC3=O)cc2)CC1. The summed E-state index contributed by atoms with van der Waals surface area (Å²) in [5.74, 6) is 0.610. The van der Waals surface area contributed by atoms with Crippen molar-refractivity contribution in [2.24, 2.45) is 5.92 Å². The molecule has 2 aliphatic heterocycles. The maximum absolute atomic E-state index is 12.6. The topological polar surface area (TPSA) is 74.8 Å². The van der Waals surface area contributed by atoms with Crippen LogP contribution in [0.1, 0.15) is 45.1 Å². The summed E-state index contributed by atoms with van der Waals surface area (Å²) in [5, 5.41) is -0.342. The van der Waals surface area contributed by atoms with Crippen molar-refractivity contribution in [2.75, 3.05) is 30.3 Å². The predicted molar refractivity (Wildman–Crippen MR) is 110 cm³/mol. The third-order valence-electron chi connectivity index (χ3n) is 5.83. The van der Waals surface area contributed by atoms with Gasteiger partial charge in [0.25, 0.3) is 0 Å². The fourth-order valence-electron chi connectivity index (χ4n) is 3.87. The molecule has 3 rings (SSSR count). The third-order valence-corrected chi connectivity index (χ3v) is 8.20. The first-order chi connectivity index (χ1) is 13.3. The lowest BCUT2D eigenvalue weighted by molar-refractivity contribution is -0.131. The molecule has 6 nitrogen and oxygen atoms in total. The van der Waals surface area contributed by atoms with Gasteiger partial charge in [-0.25, -0.2) is 8.42 Å². The lowest BCUT2D eigenvalue weighted by atomic mass is 9.98. The van der Waals surface area contributed by atoms with Crippen LogP contribution in [-0.2, 0) is 25.8 Å². The van der Waals surface area contributed by atoms with Crippen LogP contribution in [-0.4, -0.2) is 55.8 Å². The van der Waals surface area contributed by atoms with Gasteiger partial charge in [-0.2, -0.15) is 0 Å². The van der Waals surface area contributed by atoms with Crippen LogP contribution in [0.25, 0.3) is 0 Å². The normalized spacial score (nSPS) is 18.9. The van der Waals surface area contributed by atoms with Gasteiger partial charge in [-0.3, -0.25) is 9.59 Å². The van der Waals surface area contributed by atoms with Crippen molar-refractivity contribution in [3.05, 3.63) is 29.8 Å². The van der Waals surface area contributed by atoms with Crippen LogP contribution in [0, 0.1) is 5.92 Å². The van der Waals surface area contributed by atoms with Crippen LogP contribution >= 0.6 is 0 Å². The van der Waals surface area contributed by atoms with Gasteiger partial charge in [-0.05, 0) is 56.7 Å². The van der Waals surface area contributed by atoms with E-state index in [4.69, 9.17) is 0 Å². The molecular weight excluding hydrogens is 376 g/mol. The van der Waals surface area contributed by atoms with Gasteiger partial charge in [-0.15, -0.1) is 0 Å². The Kier molecular flexibility index (Phi) is 6.43. The Bertz CT molecular complexity index is 809. The monoisotopic (exact) mass is 406 g/mol. The second-order valence-corrected chi connectivity index (χ2v) is 10.8. The zero-order valence-corrected chi connectivity index (χ0v) is 17.6. The average molecular weight is 407 g/mol. The molecule has 2 heterocycles. The zero-order valence-electron chi connectivity index (χ0n) is 16.8. The summed E-state index contributed by atoms with van der Waals surface area (Å²) in [7, 11) is -3.03. The number of hydrogen-bond donors (Lipinski definition) is 0. The second-order valence-electron chi connectivity index (χ2n) is 8.19. The summed E-state index contributed by atoms with van der Waals surface area (Å²) in [6, 6.07) is 7.66. The molecule has 2 fully saturated rings. The minimum atomic E-state index is -3.03. The Labute approximate surface area is 167 Å². The Balaban J connectivity index is 1.50. The van der Waals surface area contributed by atoms with Crippen molar-refractivity contribution in [3.63, 3.8) is 0 Å². The molecule has 28 heavy (non-hydrogen) atoms. The van der Waals surface area contributed by atoms with Crippen LogP contribution in [0.4, 0.5) is 5.69 Å². The molecule has 2 aliphatic rings. The van der Waals surface area contributed by atoms with Crippen molar-refractivity contribution in [3.8, 4) is 0 Å². The molecule has 0 aliphatic carbocycles. The molecular formula is C21H30N2O4S. The van der Waals surface area contributed by atoms with Gasteiger partial charge in [0, 0.05) is 31.7 Å². The number of piperidine rings is 1. The highest BCUT2D eigenvalue weighted by atomic mass is 32.2. The molecule has 154 valence electrons. The number of amides is 2. The molecule has 0 bridgehead atoms. The van der Waals surface area contributed by atoms with E-state index in [-0.39, 0.29) is 28.7 Å². The van der Waals surface area contributed by atoms with Crippen LogP contribution in [0.2, 0.25) is 0 Å². The molecule has 0 saturated carbocycles. The van der Waals surface area contributed by atoms with Crippen LogP contribution < -0.4 is 4.90 Å². The minimum absolute atomic E-state index is 0.0789. The van der Waals surface area contributed by atoms with E-state index >= 15 is 0 Å². The molecule has 7 heteroatoms. The third kappa shape index (κ3) is 4.93. The van der Waals surface area contributed by atoms with E-state index in [1.807, 2.05) is 29.2 Å². The maximum atomic E-state index is 12.6. The van der Waals surface area contributed by atoms with Crippen molar-refractivity contribution < 1.29 is 18.0 Å². The Morgan fingerprint density at radius 1 is 1.11 bits per heavy atom. The number of carbonyl (C=O) groups excluding carboxylic acids is 2. The summed E-state index contributed by atoms with van der Waals surface area (Å²) >= 11 is 0. The summed E-state index contributed by atoms with van der Waals surface area (Å²) in [6.45, 7) is 5.45.